The zero-order valence-corrected chi connectivity index (χ0v) is 14.2. The van der Waals surface area contributed by atoms with Crippen molar-refractivity contribution in [3.8, 4) is 5.75 Å². The number of hydrogen-bond donors (Lipinski definition) is 2. The minimum atomic E-state index is -0.824. The summed E-state index contributed by atoms with van der Waals surface area (Å²) >= 11 is 0. The number of carbonyl (C=O) groups excluding carboxylic acids is 3. The Morgan fingerprint density at radius 1 is 1.27 bits per heavy atom. The summed E-state index contributed by atoms with van der Waals surface area (Å²) in [7, 11) is 0. The summed E-state index contributed by atoms with van der Waals surface area (Å²) in [5, 5.41) is 10.9. The van der Waals surface area contributed by atoms with E-state index in [4.69, 9.17) is 9.84 Å². The van der Waals surface area contributed by atoms with Gasteiger partial charge in [0.1, 0.15) is 11.8 Å². The molecule has 0 aliphatic carbocycles. The van der Waals surface area contributed by atoms with Crippen LogP contribution in [-0.2, 0) is 20.9 Å². The zero-order chi connectivity index (χ0) is 18.7. The van der Waals surface area contributed by atoms with E-state index >= 15 is 0 Å². The quantitative estimate of drug-likeness (QED) is 0.556. The van der Waals surface area contributed by atoms with Gasteiger partial charge in [-0.1, -0.05) is 0 Å². The zero-order valence-electron chi connectivity index (χ0n) is 14.2. The van der Waals surface area contributed by atoms with Gasteiger partial charge in [0.15, 0.2) is 0 Å². The molecule has 1 saturated heterocycles. The molecule has 3 rings (SSSR count). The van der Waals surface area contributed by atoms with Crippen LogP contribution in [0.25, 0.3) is 0 Å². The maximum absolute atomic E-state index is 12.6. The van der Waals surface area contributed by atoms with Crippen molar-refractivity contribution in [1.29, 1.82) is 0 Å². The van der Waals surface area contributed by atoms with Gasteiger partial charge in [-0.15, -0.1) is 0 Å². The molecule has 1 fully saturated rings. The number of unbranched alkanes of at least 4 members (excludes halogenated alkanes) is 1. The number of amides is 3. The van der Waals surface area contributed by atoms with Crippen molar-refractivity contribution in [2.75, 3.05) is 6.61 Å². The van der Waals surface area contributed by atoms with E-state index < -0.39 is 17.9 Å². The lowest BCUT2D eigenvalue weighted by molar-refractivity contribution is -0.138. The molecule has 2 aliphatic rings. The van der Waals surface area contributed by atoms with E-state index in [-0.39, 0.29) is 24.7 Å². The smallest absolute Gasteiger partial charge is 0.303 e. The van der Waals surface area contributed by atoms with E-state index in [1.165, 1.54) is 4.90 Å². The van der Waals surface area contributed by atoms with Crippen LogP contribution in [0, 0.1) is 0 Å². The molecule has 138 valence electrons. The molecule has 8 heteroatoms. The highest BCUT2D eigenvalue weighted by atomic mass is 16.5. The molecule has 3 amide bonds. The molecule has 8 nitrogen and oxygen atoms in total. The fraction of sp³-hybridized carbons (Fsp3) is 0.444. The first-order valence-electron chi connectivity index (χ1n) is 8.58. The highest BCUT2D eigenvalue weighted by molar-refractivity contribution is 6.05. The molecule has 1 atom stereocenters. The summed E-state index contributed by atoms with van der Waals surface area (Å²) in [5.74, 6) is -1.18. The largest absolute Gasteiger partial charge is 0.494 e. The van der Waals surface area contributed by atoms with Crippen LogP contribution in [0.3, 0.4) is 0 Å². The predicted molar refractivity (Wildman–Crippen MR) is 89.5 cm³/mol. The lowest BCUT2D eigenvalue weighted by Crippen LogP contribution is -2.52. The molecule has 0 bridgehead atoms. The van der Waals surface area contributed by atoms with Gasteiger partial charge in [0.05, 0.1) is 6.61 Å². The van der Waals surface area contributed by atoms with E-state index in [9.17, 15) is 19.2 Å². The van der Waals surface area contributed by atoms with Gasteiger partial charge in [-0.3, -0.25) is 24.5 Å². The van der Waals surface area contributed by atoms with Crippen LogP contribution in [0.4, 0.5) is 0 Å². The number of fused-ring (bicyclic) bond motifs is 1. The first kappa shape index (κ1) is 17.9. The van der Waals surface area contributed by atoms with E-state index in [1.54, 1.807) is 18.2 Å². The molecule has 26 heavy (non-hydrogen) atoms. The Morgan fingerprint density at radius 3 is 2.81 bits per heavy atom. The second-order valence-corrected chi connectivity index (χ2v) is 6.42. The van der Waals surface area contributed by atoms with Crippen molar-refractivity contribution >= 4 is 23.7 Å². The first-order chi connectivity index (χ1) is 12.5. The Balaban J connectivity index is 1.60. The summed E-state index contributed by atoms with van der Waals surface area (Å²) in [6.07, 6.45) is 1.84. The van der Waals surface area contributed by atoms with Gasteiger partial charge < -0.3 is 14.7 Å². The van der Waals surface area contributed by atoms with Gasteiger partial charge in [0.2, 0.25) is 11.8 Å². The number of nitrogens with zero attached hydrogens (tertiary/aromatic N) is 1. The Morgan fingerprint density at radius 2 is 2.08 bits per heavy atom. The summed E-state index contributed by atoms with van der Waals surface area (Å²) in [5.41, 5.74) is 1.32. The molecule has 2 aliphatic heterocycles. The third-order valence-electron chi connectivity index (χ3n) is 4.55. The normalized spacial score (nSPS) is 19.3. The topological polar surface area (TPSA) is 113 Å². The number of carboxylic acid groups (broad SMARTS) is 1. The minimum absolute atomic E-state index is 0.114. The van der Waals surface area contributed by atoms with E-state index in [1.807, 2.05) is 0 Å². The van der Waals surface area contributed by atoms with Crippen molar-refractivity contribution in [3.05, 3.63) is 29.3 Å². The number of nitrogens with one attached hydrogen (secondary N) is 1. The Kier molecular flexibility index (Phi) is 5.20. The van der Waals surface area contributed by atoms with Crippen LogP contribution < -0.4 is 10.1 Å². The van der Waals surface area contributed by atoms with Crippen LogP contribution in [0.15, 0.2) is 18.2 Å². The molecule has 0 saturated carbocycles. The monoisotopic (exact) mass is 360 g/mol. The molecular weight excluding hydrogens is 340 g/mol. The molecule has 2 N–H and O–H groups in total. The predicted octanol–water partition coefficient (Wildman–Crippen LogP) is 1.08. The minimum Gasteiger partial charge on any atom is -0.494 e. The highest BCUT2D eigenvalue weighted by Gasteiger charge is 2.39. The van der Waals surface area contributed by atoms with E-state index in [2.05, 4.69) is 5.32 Å². The van der Waals surface area contributed by atoms with Gasteiger partial charge in [-0.05, 0) is 43.0 Å². The first-order valence-corrected chi connectivity index (χ1v) is 8.58. The van der Waals surface area contributed by atoms with Crippen LogP contribution >= 0.6 is 0 Å². The average molecular weight is 360 g/mol. The van der Waals surface area contributed by atoms with Crippen LogP contribution in [0.1, 0.15) is 48.0 Å². The average Bonchev–Trinajstić information content (AvgIpc) is 2.90. The highest BCUT2D eigenvalue weighted by Crippen LogP contribution is 2.30. The number of piperidine rings is 1. The Hall–Kier alpha value is -2.90. The van der Waals surface area contributed by atoms with Gasteiger partial charge in [-0.2, -0.15) is 0 Å². The van der Waals surface area contributed by atoms with Crippen molar-refractivity contribution in [2.45, 2.75) is 44.7 Å². The van der Waals surface area contributed by atoms with Crippen molar-refractivity contribution < 1.29 is 29.0 Å². The lowest BCUT2D eigenvalue weighted by atomic mass is 10.0. The summed E-state index contributed by atoms with van der Waals surface area (Å²) in [4.78, 5) is 47.8. The number of rotatable bonds is 7. The van der Waals surface area contributed by atoms with Gasteiger partial charge in [-0.25, -0.2) is 0 Å². The van der Waals surface area contributed by atoms with Crippen molar-refractivity contribution in [3.63, 3.8) is 0 Å². The van der Waals surface area contributed by atoms with Crippen LogP contribution in [0.5, 0.6) is 5.75 Å². The number of benzene rings is 1. The number of aliphatic carboxylic acids is 1. The maximum Gasteiger partial charge on any atom is 0.303 e. The fourth-order valence-corrected chi connectivity index (χ4v) is 3.21. The molecule has 1 aromatic rings. The number of ether oxygens (including phenoxy) is 1. The maximum atomic E-state index is 12.6. The van der Waals surface area contributed by atoms with Crippen molar-refractivity contribution in [1.82, 2.24) is 10.2 Å². The molecule has 0 radical (unpaired) electrons. The molecule has 0 aromatic heterocycles. The number of carbonyl (C=O) groups is 4. The van der Waals surface area contributed by atoms with Crippen LogP contribution in [-0.4, -0.2) is 46.3 Å². The Bertz CT molecular complexity index is 760. The van der Waals surface area contributed by atoms with Gasteiger partial charge in [0.25, 0.3) is 5.91 Å². The Labute approximate surface area is 150 Å². The second kappa shape index (κ2) is 7.55. The standard InChI is InChI=1S/C18H20N2O6/c21-15-7-6-14(17(24)19-15)20-10-11-9-12(4-5-13(11)18(20)25)26-8-2-1-3-16(22)23/h4-5,9,14H,1-3,6-8,10H2,(H,22,23)(H,19,21,24). The lowest BCUT2D eigenvalue weighted by Gasteiger charge is -2.29. The summed E-state index contributed by atoms with van der Waals surface area (Å²) < 4.78 is 5.62. The van der Waals surface area contributed by atoms with Gasteiger partial charge in [0, 0.05) is 24.9 Å². The molecule has 1 unspecified atom stereocenters. The summed E-state index contributed by atoms with van der Waals surface area (Å²) in [6, 6.07) is 4.52. The number of hydrogen-bond acceptors (Lipinski definition) is 5. The molecule has 2 heterocycles. The number of imide groups is 1. The third kappa shape index (κ3) is 3.84. The van der Waals surface area contributed by atoms with E-state index in [0.717, 1.165) is 5.56 Å². The molecule has 1 aromatic carbocycles. The van der Waals surface area contributed by atoms with Crippen molar-refractivity contribution in [2.24, 2.45) is 0 Å². The molecular formula is C18H20N2O6. The third-order valence-corrected chi connectivity index (χ3v) is 4.55. The fourth-order valence-electron chi connectivity index (χ4n) is 3.21. The van der Waals surface area contributed by atoms with Crippen LogP contribution in [0.2, 0.25) is 0 Å². The van der Waals surface area contributed by atoms with E-state index in [0.29, 0.717) is 43.7 Å². The second-order valence-electron chi connectivity index (χ2n) is 6.42. The van der Waals surface area contributed by atoms with Gasteiger partial charge >= 0.3 is 5.97 Å². The molecule has 0 spiro atoms. The SMILES string of the molecule is O=C(O)CCCCOc1ccc2c(c1)CN(C1CCC(=O)NC1=O)C2=O. The number of carboxylic acids is 1. The summed E-state index contributed by atoms with van der Waals surface area (Å²) in [6.45, 7) is 0.702.